The van der Waals surface area contributed by atoms with Crippen LogP contribution in [0, 0.1) is 5.92 Å². The summed E-state index contributed by atoms with van der Waals surface area (Å²) in [5.74, 6) is 2.42. The van der Waals surface area contributed by atoms with Crippen molar-refractivity contribution in [1.29, 1.82) is 0 Å². The van der Waals surface area contributed by atoms with Gasteiger partial charge in [-0.05, 0) is 37.6 Å². The van der Waals surface area contributed by atoms with E-state index in [-0.39, 0.29) is 24.8 Å². The van der Waals surface area contributed by atoms with Crippen molar-refractivity contribution in [1.82, 2.24) is 25.5 Å². The molecule has 0 spiro atoms. The summed E-state index contributed by atoms with van der Waals surface area (Å²) in [6.07, 6.45) is 5.72. The lowest BCUT2D eigenvalue weighted by atomic mass is 10.1. The van der Waals surface area contributed by atoms with Crippen LogP contribution in [0.25, 0.3) is 11.4 Å². The van der Waals surface area contributed by atoms with Crippen molar-refractivity contribution in [2.75, 3.05) is 13.1 Å². The summed E-state index contributed by atoms with van der Waals surface area (Å²) in [7, 11) is 0. The number of aromatic nitrogens is 4. The Kier molecular flexibility index (Phi) is 6.21. The van der Waals surface area contributed by atoms with Crippen LogP contribution in [-0.2, 0) is 6.42 Å². The van der Waals surface area contributed by atoms with E-state index in [2.05, 4.69) is 25.5 Å². The maximum atomic E-state index is 4.52. The van der Waals surface area contributed by atoms with Gasteiger partial charge in [0.2, 0.25) is 0 Å². The molecule has 2 N–H and O–H groups in total. The summed E-state index contributed by atoms with van der Waals surface area (Å²) in [6, 6.07) is 3.84. The minimum atomic E-state index is 0. The SMILES string of the molecule is Cl.Cl.c1cc(-c2n[nH]c(CC3CCNC3)n2)ccn1. The minimum Gasteiger partial charge on any atom is -0.316 e. The molecule has 0 aromatic carbocycles. The Balaban J connectivity index is 0.000000902. The van der Waals surface area contributed by atoms with Crippen LogP contribution in [0.15, 0.2) is 24.5 Å². The van der Waals surface area contributed by atoms with Gasteiger partial charge in [0.1, 0.15) is 5.82 Å². The lowest BCUT2D eigenvalue weighted by Gasteiger charge is -2.03. The fourth-order valence-corrected chi connectivity index (χ4v) is 2.18. The van der Waals surface area contributed by atoms with Gasteiger partial charge in [-0.15, -0.1) is 24.8 Å². The van der Waals surface area contributed by atoms with Crippen LogP contribution in [0.2, 0.25) is 0 Å². The molecule has 3 heterocycles. The molecule has 19 heavy (non-hydrogen) atoms. The van der Waals surface area contributed by atoms with Gasteiger partial charge in [-0.25, -0.2) is 4.98 Å². The van der Waals surface area contributed by atoms with Crippen molar-refractivity contribution >= 4 is 24.8 Å². The van der Waals surface area contributed by atoms with E-state index >= 15 is 0 Å². The monoisotopic (exact) mass is 301 g/mol. The molecule has 5 nitrogen and oxygen atoms in total. The third-order valence-corrected chi connectivity index (χ3v) is 3.11. The summed E-state index contributed by atoms with van der Waals surface area (Å²) in [4.78, 5) is 8.51. The van der Waals surface area contributed by atoms with Gasteiger partial charge < -0.3 is 5.32 Å². The molecule has 2 aromatic rings. The molecular formula is C12H17Cl2N5. The lowest BCUT2D eigenvalue weighted by molar-refractivity contribution is 0.563. The van der Waals surface area contributed by atoms with Gasteiger partial charge in [0, 0.05) is 24.4 Å². The van der Waals surface area contributed by atoms with Crippen LogP contribution in [0.4, 0.5) is 0 Å². The molecule has 1 aliphatic heterocycles. The second-order valence-corrected chi connectivity index (χ2v) is 4.40. The van der Waals surface area contributed by atoms with E-state index in [0.717, 1.165) is 36.7 Å². The molecule has 1 saturated heterocycles. The third-order valence-electron chi connectivity index (χ3n) is 3.11. The Bertz CT molecular complexity index is 482. The average molecular weight is 302 g/mol. The van der Waals surface area contributed by atoms with Crippen molar-refractivity contribution < 1.29 is 0 Å². The van der Waals surface area contributed by atoms with Crippen LogP contribution in [0.5, 0.6) is 0 Å². The summed E-state index contributed by atoms with van der Waals surface area (Å²) >= 11 is 0. The third kappa shape index (κ3) is 3.89. The second kappa shape index (κ2) is 7.43. The normalized spacial score (nSPS) is 17.6. The zero-order valence-corrected chi connectivity index (χ0v) is 12.0. The van der Waals surface area contributed by atoms with Gasteiger partial charge in [0.25, 0.3) is 0 Å². The molecule has 3 rings (SSSR count). The fraction of sp³-hybridized carbons (Fsp3) is 0.417. The Morgan fingerprint density at radius 2 is 2.00 bits per heavy atom. The molecule has 2 aromatic heterocycles. The van der Waals surface area contributed by atoms with Crippen molar-refractivity contribution in [3.63, 3.8) is 0 Å². The standard InChI is InChI=1S/C12H15N5.2ClH/c1-4-14-8-9(1)7-11-15-12(17-16-11)10-2-5-13-6-3-10;;/h2-3,5-6,9,14H,1,4,7-8H2,(H,15,16,17);2*1H. The highest BCUT2D eigenvalue weighted by Gasteiger charge is 2.17. The number of nitrogens with one attached hydrogen (secondary N) is 2. The quantitative estimate of drug-likeness (QED) is 0.908. The molecule has 1 fully saturated rings. The van der Waals surface area contributed by atoms with Crippen LogP contribution in [0.3, 0.4) is 0 Å². The average Bonchev–Trinajstić information content (AvgIpc) is 3.02. The summed E-state index contributed by atoms with van der Waals surface area (Å²) < 4.78 is 0. The maximum Gasteiger partial charge on any atom is 0.181 e. The van der Waals surface area contributed by atoms with E-state index in [1.807, 2.05) is 12.1 Å². The zero-order valence-electron chi connectivity index (χ0n) is 10.4. The topological polar surface area (TPSA) is 66.5 Å². The van der Waals surface area contributed by atoms with Gasteiger partial charge in [0.15, 0.2) is 5.82 Å². The number of pyridine rings is 1. The first-order valence-electron chi connectivity index (χ1n) is 5.94. The van der Waals surface area contributed by atoms with Gasteiger partial charge in [-0.2, -0.15) is 5.10 Å². The largest absolute Gasteiger partial charge is 0.316 e. The molecule has 1 aliphatic rings. The first-order chi connectivity index (χ1) is 8.42. The Morgan fingerprint density at radius 3 is 2.68 bits per heavy atom. The molecule has 0 radical (unpaired) electrons. The summed E-state index contributed by atoms with van der Waals surface area (Å²) in [6.45, 7) is 2.21. The lowest BCUT2D eigenvalue weighted by Crippen LogP contribution is -2.11. The van der Waals surface area contributed by atoms with E-state index in [1.54, 1.807) is 12.4 Å². The van der Waals surface area contributed by atoms with E-state index in [0.29, 0.717) is 5.92 Å². The van der Waals surface area contributed by atoms with E-state index in [1.165, 1.54) is 6.42 Å². The molecule has 1 atom stereocenters. The molecule has 104 valence electrons. The number of H-pyrrole nitrogens is 1. The molecule has 0 amide bonds. The van der Waals surface area contributed by atoms with Crippen molar-refractivity contribution in [3.8, 4) is 11.4 Å². The maximum absolute atomic E-state index is 4.52. The van der Waals surface area contributed by atoms with E-state index in [9.17, 15) is 0 Å². The first-order valence-corrected chi connectivity index (χ1v) is 5.94. The second-order valence-electron chi connectivity index (χ2n) is 4.40. The van der Waals surface area contributed by atoms with Crippen LogP contribution in [0.1, 0.15) is 12.2 Å². The Hall–Kier alpha value is -1.17. The predicted molar refractivity (Wildman–Crippen MR) is 78.8 cm³/mol. The van der Waals surface area contributed by atoms with Crippen molar-refractivity contribution in [2.45, 2.75) is 12.8 Å². The first kappa shape index (κ1) is 15.9. The predicted octanol–water partition coefficient (Wildman–Crippen LogP) is 1.86. The highest BCUT2D eigenvalue weighted by Crippen LogP contribution is 2.16. The van der Waals surface area contributed by atoms with Crippen LogP contribution in [-0.4, -0.2) is 33.3 Å². The minimum absolute atomic E-state index is 0. The smallest absolute Gasteiger partial charge is 0.181 e. The fourth-order valence-electron chi connectivity index (χ4n) is 2.18. The van der Waals surface area contributed by atoms with Crippen LogP contribution >= 0.6 is 24.8 Å². The molecular weight excluding hydrogens is 285 g/mol. The van der Waals surface area contributed by atoms with Crippen molar-refractivity contribution in [3.05, 3.63) is 30.4 Å². The Labute approximate surface area is 124 Å². The zero-order chi connectivity index (χ0) is 11.5. The van der Waals surface area contributed by atoms with Gasteiger partial charge in [0.05, 0.1) is 0 Å². The number of hydrogen-bond acceptors (Lipinski definition) is 4. The summed E-state index contributed by atoms with van der Waals surface area (Å²) in [5, 5.41) is 10.6. The highest BCUT2D eigenvalue weighted by atomic mass is 35.5. The number of nitrogens with zero attached hydrogens (tertiary/aromatic N) is 3. The van der Waals surface area contributed by atoms with Gasteiger partial charge >= 0.3 is 0 Å². The molecule has 0 aliphatic carbocycles. The number of halogens is 2. The molecule has 0 bridgehead atoms. The molecule has 0 saturated carbocycles. The highest BCUT2D eigenvalue weighted by molar-refractivity contribution is 5.85. The van der Waals surface area contributed by atoms with E-state index < -0.39 is 0 Å². The van der Waals surface area contributed by atoms with Crippen molar-refractivity contribution in [2.24, 2.45) is 5.92 Å². The summed E-state index contributed by atoms with van der Waals surface area (Å²) in [5.41, 5.74) is 1.01. The number of rotatable bonds is 3. The number of hydrogen-bond donors (Lipinski definition) is 2. The Morgan fingerprint density at radius 1 is 1.21 bits per heavy atom. The van der Waals surface area contributed by atoms with Crippen LogP contribution < -0.4 is 5.32 Å². The van der Waals surface area contributed by atoms with Gasteiger partial charge in [-0.1, -0.05) is 0 Å². The van der Waals surface area contributed by atoms with Gasteiger partial charge in [-0.3, -0.25) is 10.1 Å². The number of aromatic amines is 1. The molecule has 7 heteroatoms. The van der Waals surface area contributed by atoms with E-state index in [4.69, 9.17) is 0 Å². The molecule has 1 unspecified atom stereocenters.